The minimum atomic E-state index is -3.69. The molecule has 0 radical (unpaired) electrons. The first kappa shape index (κ1) is 12.8. The monoisotopic (exact) mass is 289 g/mol. The van der Waals surface area contributed by atoms with Gasteiger partial charge in [-0.1, -0.05) is 18.2 Å². The number of nitrogens with zero attached hydrogens (tertiary/aromatic N) is 1. The van der Waals surface area contributed by atoms with Gasteiger partial charge in [-0.15, -0.1) is 0 Å². The molecule has 0 atom stereocenters. The highest BCUT2D eigenvalue weighted by molar-refractivity contribution is 8.14. The second kappa shape index (κ2) is 4.92. The maximum Gasteiger partial charge on any atom is 0.263 e. The van der Waals surface area contributed by atoms with Crippen LogP contribution in [0.25, 0.3) is 10.9 Å². The number of hydrogen-bond donors (Lipinski definition) is 0. The number of hydrogen-bond acceptors (Lipinski definition) is 3. The number of fused-ring (bicyclic) bond motifs is 1. The molecule has 0 N–H and O–H groups in total. The van der Waals surface area contributed by atoms with Gasteiger partial charge >= 0.3 is 0 Å². The number of aryl methyl sites for hydroxylation is 1. The van der Waals surface area contributed by atoms with Gasteiger partial charge in [-0.25, -0.2) is 8.42 Å². The van der Waals surface area contributed by atoms with Crippen molar-refractivity contribution in [1.29, 1.82) is 0 Å². The van der Waals surface area contributed by atoms with E-state index in [9.17, 15) is 8.42 Å². The van der Waals surface area contributed by atoms with E-state index in [0.717, 1.165) is 17.8 Å². The first-order valence-corrected chi connectivity index (χ1v) is 8.76. The van der Waals surface area contributed by atoms with Crippen LogP contribution in [-0.4, -0.2) is 25.0 Å². The summed E-state index contributed by atoms with van der Waals surface area (Å²) in [7, 11) is 1.75. The molecule has 1 aromatic carbocycles. The van der Waals surface area contributed by atoms with E-state index in [-0.39, 0.29) is 4.90 Å². The summed E-state index contributed by atoms with van der Waals surface area (Å²) in [5.74, 6) is 0.931. The highest BCUT2D eigenvalue weighted by Gasteiger charge is 2.17. The van der Waals surface area contributed by atoms with Crippen LogP contribution in [0.3, 0.4) is 0 Å². The fraction of sp³-hybridized carbons (Fsp3) is 0.273. The molecule has 1 heterocycles. The summed E-state index contributed by atoms with van der Waals surface area (Å²) in [6.45, 7) is 0.772. The van der Waals surface area contributed by atoms with Crippen molar-refractivity contribution < 1.29 is 8.42 Å². The van der Waals surface area contributed by atoms with Gasteiger partial charge in [-0.05, 0) is 12.3 Å². The van der Waals surface area contributed by atoms with Crippen molar-refractivity contribution in [3.05, 3.63) is 30.5 Å². The molecule has 0 saturated heterocycles. The predicted octanol–water partition coefficient (Wildman–Crippen LogP) is 2.93. The highest BCUT2D eigenvalue weighted by Crippen LogP contribution is 2.27. The number of thioether (sulfide) groups is 1. The molecule has 1 aromatic heterocycles. The van der Waals surface area contributed by atoms with E-state index in [4.69, 9.17) is 10.7 Å². The molecular formula is C11H12ClNO2S2. The molecule has 0 saturated carbocycles. The molecule has 0 fully saturated rings. The largest absolute Gasteiger partial charge is 0.345 e. The zero-order chi connectivity index (χ0) is 12.5. The van der Waals surface area contributed by atoms with Gasteiger partial charge in [0.2, 0.25) is 0 Å². The standard InChI is InChI=1S/C11H12ClNO2S2/c1-16-7-6-13-8-11(17(12,14)15)9-4-2-3-5-10(9)13/h2-5,8H,6-7H2,1H3. The lowest BCUT2D eigenvalue weighted by Gasteiger charge is -2.02. The molecule has 0 unspecified atom stereocenters. The summed E-state index contributed by atoms with van der Waals surface area (Å²) in [4.78, 5) is 0.191. The summed E-state index contributed by atoms with van der Waals surface area (Å²) in [5.41, 5.74) is 0.903. The average Bonchev–Trinajstić information content (AvgIpc) is 2.65. The minimum Gasteiger partial charge on any atom is -0.345 e. The lowest BCUT2D eigenvalue weighted by molar-refractivity contribution is 0.609. The Hall–Kier alpha value is -0.650. The lowest BCUT2D eigenvalue weighted by Crippen LogP contribution is -1.98. The van der Waals surface area contributed by atoms with E-state index in [0.29, 0.717) is 5.39 Å². The van der Waals surface area contributed by atoms with Crippen molar-refractivity contribution in [3.8, 4) is 0 Å². The van der Waals surface area contributed by atoms with E-state index in [2.05, 4.69) is 0 Å². The van der Waals surface area contributed by atoms with Crippen LogP contribution in [0.15, 0.2) is 35.4 Å². The number of benzene rings is 1. The van der Waals surface area contributed by atoms with E-state index in [1.807, 2.05) is 29.0 Å². The molecule has 6 heteroatoms. The summed E-state index contributed by atoms with van der Waals surface area (Å²) >= 11 is 1.72. The average molecular weight is 290 g/mol. The van der Waals surface area contributed by atoms with Gasteiger partial charge in [0, 0.05) is 40.1 Å². The Kier molecular flexibility index (Phi) is 3.70. The van der Waals surface area contributed by atoms with Gasteiger partial charge in [-0.3, -0.25) is 0 Å². The molecule has 0 aliphatic carbocycles. The predicted molar refractivity (Wildman–Crippen MR) is 73.4 cm³/mol. The van der Waals surface area contributed by atoms with Gasteiger partial charge < -0.3 is 4.57 Å². The zero-order valence-electron chi connectivity index (χ0n) is 9.26. The molecular weight excluding hydrogens is 278 g/mol. The number of aromatic nitrogens is 1. The maximum absolute atomic E-state index is 11.5. The fourth-order valence-corrected chi connectivity index (χ4v) is 3.22. The Labute approximate surface area is 109 Å². The molecule has 0 aliphatic rings. The van der Waals surface area contributed by atoms with E-state index in [1.165, 1.54) is 0 Å². The third kappa shape index (κ3) is 2.61. The smallest absolute Gasteiger partial charge is 0.263 e. The molecule has 17 heavy (non-hydrogen) atoms. The van der Waals surface area contributed by atoms with E-state index in [1.54, 1.807) is 24.0 Å². The normalized spacial score (nSPS) is 12.1. The molecule has 0 amide bonds. The van der Waals surface area contributed by atoms with Crippen molar-refractivity contribution in [3.63, 3.8) is 0 Å². The Balaban J connectivity index is 2.63. The Morgan fingerprint density at radius 2 is 2.06 bits per heavy atom. The van der Waals surface area contributed by atoms with Gasteiger partial charge in [0.25, 0.3) is 9.05 Å². The van der Waals surface area contributed by atoms with Crippen LogP contribution in [-0.2, 0) is 15.6 Å². The van der Waals surface area contributed by atoms with E-state index >= 15 is 0 Å². The fourth-order valence-electron chi connectivity index (χ4n) is 1.78. The summed E-state index contributed by atoms with van der Waals surface area (Å²) in [6, 6.07) is 7.39. The third-order valence-corrected chi connectivity index (χ3v) is 4.49. The zero-order valence-corrected chi connectivity index (χ0v) is 11.6. The van der Waals surface area contributed by atoms with Crippen molar-refractivity contribution in [1.82, 2.24) is 4.57 Å². The molecule has 0 bridgehead atoms. The summed E-state index contributed by atoms with van der Waals surface area (Å²) < 4.78 is 24.9. The lowest BCUT2D eigenvalue weighted by atomic mass is 10.2. The second-order valence-electron chi connectivity index (χ2n) is 3.63. The van der Waals surface area contributed by atoms with Gasteiger partial charge in [-0.2, -0.15) is 11.8 Å². The van der Waals surface area contributed by atoms with Crippen molar-refractivity contribution in [2.45, 2.75) is 11.4 Å². The van der Waals surface area contributed by atoms with Crippen LogP contribution >= 0.6 is 22.4 Å². The maximum atomic E-state index is 11.5. The topological polar surface area (TPSA) is 39.1 Å². The van der Waals surface area contributed by atoms with Crippen molar-refractivity contribution >= 4 is 42.4 Å². The third-order valence-electron chi connectivity index (χ3n) is 2.55. The Morgan fingerprint density at radius 1 is 1.35 bits per heavy atom. The van der Waals surface area contributed by atoms with Gasteiger partial charge in [0.1, 0.15) is 4.90 Å². The molecule has 3 nitrogen and oxygen atoms in total. The molecule has 92 valence electrons. The first-order valence-electron chi connectivity index (χ1n) is 5.05. The van der Waals surface area contributed by atoms with Crippen LogP contribution in [0, 0.1) is 0 Å². The highest BCUT2D eigenvalue weighted by atomic mass is 35.7. The molecule has 2 rings (SSSR count). The van der Waals surface area contributed by atoms with Crippen LogP contribution in [0.2, 0.25) is 0 Å². The summed E-state index contributed by atoms with van der Waals surface area (Å²) in [5, 5.41) is 0.684. The molecule has 2 aromatic rings. The van der Waals surface area contributed by atoms with Crippen LogP contribution in [0.5, 0.6) is 0 Å². The minimum absolute atomic E-state index is 0.191. The number of rotatable bonds is 4. The Morgan fingerprint density at radius 3 is 2.71 bits per heavy atom. The second-order valence-corrected chi connectivity index (χ2v) is 7.15. The molecule has 0 aliphatic heterocycles. The van der Waals surface area contributed by atoms with Crippen LogP contribution in [0.1, 0.15) is 0 Å². The van der Waals surface area contributed by atoms with Crippen molar-refractivity contribution in [2.24, 2.45) is 0 Å². The van der Waals surface area contributed by atoms with E-state index < -0.39 is 9.05 Å². The first-order chi connectivity index (χ1) is 8.04. The van der Waals surface area contributed by atoms with Crippen LogP contribution in [0.4, 0.5) is 0 Å². The number of para-hydroxylation sites is 1. The summed E-state index contributed by atoms with van der Waals surface area (Å²) in [6.07, 6.45) is 3.63. The van der Waals surface area contributed by atoms with Crippen LogP contribution < -0.4 is 0 Å². The quantitative estimate of drug-likeness (QED) is 0.813. The van der Waals surface area contributed by atoms with Gasteiger partial charge in [0.05, 0.1) is 0 Å². The Bertz CT molecular complexity index is 634. The molecule has 0 spiro atoms. The van der Waals surface area contributed by atoms with Crippen molar-refractivity contribution in [2.75, 3.05) is 12.0 Å². The SMILES string of the molecule is CSCCn1cc(S(=O)(=O)Cl)c2ccccc21. The number of halogens is 1. The van der Waals surface area contributed by atoms with Gasteiger partial charge in [0.15, 0.2) is 0 Å².